The Kier molecular flexibility index (Phi) is 4.94. The third-order valence-electron chi connectivity index (χ3n) is 4.86. The van der Waals surface area contributed by atoms with Crippen molar-refractivity contribution in [2.45, 2.75) is 46.5 Å². The van der Waals surface area contributed by atoms with Gasteiger partial charge in [0.15, 0.2) is 0 Å². The lowest BCUT2D eigenvalue weighted by Gasteiger charge is -2.16. The SMILES string of the molecule is Cc1nn(C)c(C)c1CC(=O)NNC(=O)c1cc2c(s1)CCC(C)C2. The lowest BCUT2D eigenvalue weighted by molar-refractivity contribution is -0.121. The molecule has 0 radical (unpaired) electrons. The molecule has 0 saturated carbocycles. The van der Waals surface area contributed by atoms with E-state index in [0.717, 1.165) is 29.8 Å². The lowest BCUT2D eigenvalue weighted by Crippen LogP contribution is -2.42. The summed E-state index contributed by atoms with van der Waals surface area (Å²) in [6.07, 6.45) is 3.45. The van der Waals surface area contributed by atoms with E-state index < -0.39 is 0 Å². The summed E-state index contributed by atoms with van der Waals surface area (Å²) in [5.74, 6) is 0.172. The Morgan fingerprint density at radius 2 is 2.12 bits per heavy atom. The summed E-state index contributed by atoms with van der Waals surface area (Å²) in [5, 5.41) is 4.30. The Bertz CT molecular complexity index is 821. The van der Waals surface area contributed by atoms with Gasteiger partial charge >= 0.3 is 0 Å². The molecule has 7 heteroatoms. The third kappa shape index (κ3) is 3.76. The largest absolute Gasteiger partial charge is 0.279 e. The van der Waals surface area contributed by atoms with Crippen molar-refractivity contribution in [1.29, 1.82) is 0 Å². The molecular weight excluding hydrogens is 336 g/mol. The summed E-state index contributed by atoms with van der Waals surface area (Å²) in [6.45, 7) is 6.05. The number of hydrogen-bond donors (Lipinski definition) is 2. The lowest BCUT2D eigenvalue weighted by atomic mass is 9.90. The number of nitrogens with one attached hydrogen (secondary N) is 2. The number of carbonyl (C=O) groups is 2. The van der Waals surface area contributed by atoms with Crippen LogP contribution in [0.3, 0.4) is 0 Å². The van der Waals surface area contributed by atoms with Crippen LogP contribution in [-0.2, 0) is 31.1 Å². The number of hydrogen-bond acceptors (Lipinski definition) is 4. The van der Waals surface area contributed by atoms with Gasteiger partial charge < -0.3 is 0 Å². The number of carbonyl (C=O) groups excluding carboxylic acids is 2. The topological polar surface area (TPSA) is 76.0 Å². The first kappa shape index (κ1) is 17.7. The summed E-state index contributed by atoms with van der Waals surface area (Å²) >= 11 is 1.53. The van der Waals surface area contributed by atoms with Crippen LogP contribution in [0.2, 0.25) is 0 Å². The van der Waals surface area contributed by atoms with Crippen LogP contribution in [0.15, 0.2) is 6.07 Å². The molecule has 2 heterocycles. The van der Waals surface area contributed by atoms with Crippen molar-refractivity contribution < 1.29 is 9.59 Å². The van der Waals surface area contributed by atoms with Crippen LogP contribution in [0.25, 0.3) is 0 Å². The zero-order chi connectivity index (χ0) is 18.1. The quantitative estimate of drug-likeness (QED) is 0.824. The molecule has 0 fully saturated rings. The first-order chi connectivity index (χ1) is 11.8. The fourth-order valence-electron chi connectivity index (χ4n) is 3.28. The maximum Gasteiger partial charge on any atom is 0.279 e. The summed E-state index contributed by atoms with van der Waals surface area (Å²) in [4.78, 5) is 26.4. The van der Waals surface area contributed by atoms with Gasteiger partial charge in [-0.15, -0.1) is 11.3 Å². The van der Waals surface area contributed by atoms with Gasteiger partial charge in [-0.2, -0.15) is 5.10 Å². The Morgan fingerprint density at radius 3 is 2.80 bits per heavy atom. The monoisotopic (exact) mass is 360 g/mol. The van der Waals surface area contributed by atoms with E-state index in [9.17, 15) is 9.59 Å². The minimum absolute atomic E-state index is 0.199. The normalized spacial score (nSPS) is 16.4. The van der Waals surface area contributed by atoms with Gasteiger partial charge in [-0.1, -0.05) is 6.92 Å². The zero-order valence-corrected chi connectivity index (χ0v) is 15.9. The van der Waals surface area contributed by atoms with E-state index >= 15 is 0 Å². The van der Waals surface area contributed by atoms with Crippen LogP contribution in [-0.4, -0.2) is 21.6 Å². The molecule has 6 nitrogen and oxygen atoms in total. The molecule has 2 aromatic rings. The van der Waals surface area contributed by atoms with Gasteiger partial charge in [0.05, 0.1) is 17.0 Å². The van der Waals surface area contributed by atoms with Crippen LogP contribution >= 0.6 is 11.3 Å². The highest BCUT2D eigenvalue weighted by atomic mass is 32.1. The average molecular weight is 360 g/mol. The number of fused-ring (bicyclic) bond motifs is 1. The molecule has 0 aromatic carbocycles. The number of aromatic nitrogens is 2. The molecule has 0 spiro atoms. The smallest absolute Gasteiger partial charge is 0.273 e. The van der Waals surface area contributed by atoms with Crippen LogP contribution in [0.5, 0.6) is 0 Å². The van der Waals surface area contributed by atoms with Crippen LogP contribution in [0.1, 0.15) is 50.4 Å². The molecule has 25 heavy (non-hydrogen) atoms. The second-order valence-electron chi connectivity index (χ2n) is 6.86. The molecule has 134 valence electrons. The highest BCUT2D eigenvalue weighted by Gasteiger charge is 2.21. The van der Waals surface area contributed by atoms with Gasteiger partial charge in [0.2, 0.25) is 5.91 Å². The van der Waals surface area contributed by atoms with E-state index in [1.54, 1.807) is 4.68 Å². The number of nitrogens with zero attached hydrogens (tertiary/aromatic N) is 2. The molecule has 1 unspecified atom stereocenters. The molecule has 0 bridgehead atoms. The summed E-state index contributed by atoms with van der Waals surface area (Å²) in [5.41, 5.74) is 9.01. The Hall–Kier alpha value is -2.15. The van der Waals surface area contributed by atoms with Crippen LogP contribution in [0.4, 0.5) is 0 Å². The molecule has 0 aliphatic heterocycles. The molecule has 1 atom stereocenters. The van der Waals surface area contributed by atoms with Gasteiger partial charge in [-0.25, -0.2) is 0 Å². The molecule has 1 aliphatic rings. The van der Waals surface area contributed by atoms with E-state index in [1.165, 1.54) is 28.2 Å². The molecule has 2 amide bonds. The predicted octanol–water partition coefficient (Wildman–Crippen LogP) is 2.23. The van der Waals surface area contributed by atoms with E-state index in [-0.39, 0.29) is 18.2 Å². The highest BCUT2D eigenvalue weighted by molar-refractivity contribution is 7.14. The average Bonchev–Trinajstić information content (AvgIpc) is 3.08. The minimum atomic E-state index is -0.250. The Morgan fingerprint density at radius 1 is 1.36 bits per heavy atom. The van der Waals surface area contributed by atoms with Gasteiger partial charge in [-0.05, 0) is 50.7 Å². The standard InChI is InChI=1S/C18H24N4O2S/c1-10-5-6-15-13(7-10)8-16(25-15)18(24)20-19-17(23)9-14-11(2)21-22(4)12(14)3/h8,10H,5-7,9H2,1-4H3,(H,19,23)(H,20,24). The van der Waals surface area contributed by atoms with Crippen molar-refractivity contribution in [2.75, 3.05) is 0 Å². The van der Waals surface area contributed by atoms with E-state index in [0.29, 0.717) is 10.8 Å². The Balaban J connectivity index is 1.58. The third-order valence-corrected chi connectivity index (χ3v) is 6.10. The summed E-state index contributed by atoms with van der Waals surface area (Å²) < 4.78 is 1.76. The molecule has 0 saturated heterocycles. The van der Waals surface area contributed by atoms with E-state index in [2.05, 4.69) is 22.9 Å². The minimum Gasteiger partial charge on any atom is -0.273 e. The molecule has 2 aromatic heterocycles. The maximum absolute atomic E-state index is 12.3. The van der Waals surface area contributed by atoms with Gasteiger partial charge in [0.1, 0.15) is 0 Å². The number of amides is 2. The molecule has 3 rings (SSSR count). The highest BCUT2D eigenvalue weighted by Crippen LogP contribution is 2.32. The Labute approximate surface area is 151 Å². The van der Waals surface area contributed by atoms with Crippen molar-refractivity contribution in [1.82, 2.24) is 20.6 Å². The van der Waals surface area contributed by atoms with Gasteiger partial charge in [0, 0.05) is 23.2 Å². The zero-order valence-electron chi connectivity index (χ0n) is 15.1. The number of rotatable bonds is 3. The fraction of sp³-hybridized carbons (Fsp3) is 0.500. The van der Waals surface area contributed by atoms with Crippen LogP contribution in [0, 0.1) is 19.8 Å². The molecular formula is C18H24N4O2S. The van der Waals surface area contributed by atoms with Crippen molar-refractivity contribution >= 4 is 23.2 Å². The molecule has 2 N–H and O–H groups in total. The van der Waals surface area contributed by atoms with Crippen LogP contribution < -0.4 is 10.9 Å². The van der Waals surface area contributed by atoms with E-state index in [4.69, 9.17) is 0 Å². The van der Waals surface area contributed by atoms with Gasteiger partial charge in [0.25, 0.3) is 5.91 Å². The van der Waals surface area contributed by atoms with Crippen molar-refractivity contribution in [3.63, 3.8) is 0 Å². The van der Waals surface area contributed by atoms with Gasteiger partial charge in [-0.3, -0.25) is 25.1 Å². The first-order valence-electron chi connectivity index (χ1n) is 8.55. The summed E-state index contributed by atoms with van der Waals surface area (Å²) in [6, 6.07) is 1.96. The summed E-state index contributed by atoms with van der Waals surface area (Å²) in [7, 11) is 1.85. The van der Waals surface area contributed by atoms with Crippen molar-refractivity contribution in [2.24, 2.45) is 13.0 Å². The first-order valence-corrected chi connectivity index (χ1v) is 9.36. The van der Waals surface area contributed by atoms with Crippen molar-refractivity contribution in [3.8, 4) is 0 Å². The predicted molar refractivity (Wildman–Crippen MR) is 97.5 cm³/mol. The maximum atomic E-state index is 12.3. The second-order valence-corrected chi connectivity index (χ2v) is 8.00. The number of thiophene rings is 1. The fourth-order valence-corrected chi connectivity index (χ4v) is 4.39. The molecule has 1 aliphatic carbocycles. The van der Waals surface area contributed by atoms with E-state index in [1.807, 2.05) is 27.0 Å². The number of aryl methyl sites for hydroxylation is 3. The second kappa shape index (κ2) is 7.00. The van der Waals surface area contributed by atoms with Crippen molar-refractivity contribution in [3.05, 3.63) is 38.3 Å². The number of hydrazine groups is 1.